The molecular formula is C23H20FN3O4S2. The van der Waals surface area contributed by atoms with Gasteiger partial charge in [0.2, 0.25) is 5.91 Å². The molecule has 0 atom stereocenters. The first kappa shape index (κ1) is 22.8. The number of nitrogens with one attached hydrogen (secondary N) is 1. The van der Waals surface area contributed by atoms with Crippen LogP contribution in [0.1, 0.15) is 5.56 Å². The molecule has 7 nitrogen and oxygen atoms in total. The van der Waals surface area contributed by atoms with Gasteiger partial charge < -0.3 is 14.8 Å². The number of fused-ring (bicyclic) bond motifs is 1. The lowest BCUT2D eigenvalue weighted by Gasteiger charge is -2.14. The molecule has 1 amide bonds. The van der Waals surface area contributed by atoms with Gasteiger partial charge in [-0.15, -0.1) is 11.3 Å². The van der Waals surface area contributed by atoms with E-state index in [2.05, 4.69) is 10.3 Å². The van der Waals surface area contributed by atoms with Gasteiger partial charge in [-0.3, -0.25) is 14.2 Å². The number of aryl methyl sites for hydroxylation is 1. The van der Waals surface area contributed by atoms with Crippen LogP contribution in [0.2, 0.25) is 0 Å². The molecule has 10 heteroatoms. The van der Waals surface area contributed by atoms with Crippen LogP contribution in [0, 0.1) is 12.7 Å². The Morgan fingerprint density at radius 3 is 2.73 bits per heavy atom. The van der Waals surface area contributed by atoms with Crippen molar-refractivity contribution in [2.45, 2.75) is 12.1 Å². The number of amides is 1. The van der Waals surface area contributed by atoms with Gasteiger partial charge in [0.1, 0.15) is 22.0 Å². The maximum absolute atomic E-state index is 13.8. The predicted octanol–water partition coefficient (Wildman–Crippen LogP) is 4.64. The topological polar surface area (TPSA) is 82.5 Å². The SMILES string of the molecule is COc1ccc(NC(=O)CSc2nc3ccsc3c(=O)n2-c2ccc(F)c(C)c2)c(OC)c1. The van der Waals surface area contributed by atoms with Crippen molar-refractivity contribution < 1.29 is 18.7 Å². The second kappa shape index (κ2) is 9.63. The number of hydrogen-bond donors (Lipinski definition) is 1. The van der Waals surface area contributed by atoms with Gasteiger partial charge in [-0.25, -0.2) is 9.37 Å². The van der Waals surface area contributed by atoms with Gasteiger partial charge in [-0.1, -0.05) is 11.8 Å². The number of thioether (sulfide) groups is 1. The minimum atomic E-state index is -0.362. The smallest absolute Gasteiger partial charge is 0.276 e. The summed E-state index contributed by atoms with van der Waals surface area (Å²) in [5.74, 6) is 0.400. The van der Waals surface area contributed by atoms with Crippen molar-refractivity contribution in [2.24, 2.45) is 0 Å². The lowest BCUT2D eigenvalue weighted by atomic mass is 10.2. The summed E-state index contributed by atoms with van der Waals surface area (Å²) < 4.78 is 26.2. The van der Waals surface area contributed by atoms with E-state index in [1.807, 2.05) is 0 Å². The largest absolute Gasteiger partial charge is 0.497 e. The number of rotatable bonds is 7. The normalized spacial score (nSPS) is 10.9. The minimum Gasteiger partial charge on any atom is -0.497 e. The van der Waals surface area contributed by atoms with Gasteiger partial charge in [-0.2, -0.15) is 0 Å². The van der Waals surface area contributed by atoms with Crippen molar-refractivity contribution in [3.05, 3.63) is 69.6 Å². The maximum atomic E-state index is 13.8. The van der Waals surface area contributed by atoms with Gasteiger partial charge in [-0.05, 0) is 54.3 Å². The number of anilines is 1. The van der Waals surface area contributed by atoms with E-state index in [9.17, 15) is 14.0 Å². The van der Waals surface area contributed by atoms with Crippen LogP contribution in [-0.4, -0.2) is 35.4 Å². The molecule has 2 heterocycles. The van der Waals surface area contributed by atoms with E-state index in [0.29, 0.717) is 43.8 Å². The van der Waals surface area contributed by atoms with Crippen molar-refractivity contribution in [3.63, 3.8) is 0 Å². The van der Waals surface area contributed by atoms with Gasteiger partial charge in [0.25, 0.3) is 5.56 Å². The fourth-order valence-electron chi connectivity index (χ4n) is 3.20. The lowest BCUT2D eigenvalue weighted by Crippen LogP contribution is -2.22. The predicted molar refractivity (Wildman–Crippen MR) is 129 cm³/mol. The molecule has 33 heavy (non-hydrogen) atoms. The Bertz CT molecular complexity index is 1400. The number of nitrogens with zero attached hydrogens (tertiary/aromatic N) is 2. The summed E-state index contributed by atoms with van der Waals surface area (Å²) in [4.78, 5) is 30.4. The monoisotopic (exact) mass is 485 g/mol. The molecule has 1 N–H and O–H groups in total. The maximum Gasteiger partial charge on any atom is 0.276 e. The minimum absolute atomic E-state index is 0.00254. The third-order valence-electron chi connectivity index (χ3n) is 4.86. The van der Waals surface area contributed by atoms with Gasteiger partial charge >= 0.3 is 0 Å². The molecule has 0 saturated heterocycles. The van der Waals surface area contributed by atoms with Crippen molar-refractivity contribution >= 4 is 44.9 Å². The molecule has 4 rings (SSSR count). The highest BCUT2D eigenvalue weighted by molar-refractivity contribution is 7.99. The zero-order valence-corrected chi connectivity index (χ0v) is 19.7. The molecule has 0 fully saturated rings. The van der Waals surface area contributed by atoms with Crippen molar-refractivity contribution in [1.29, 1.82) is 0 Å². The van der Waals surface area contributed by atoms with Crippen LogP contribution in [0.5, 0.6) is 11.5 Å². The van der Waals surface area contributed by atoms with Crippen molar-refractivity contribution in [2.75, 3.05) is 25.3 Å². The Balaban J connectivity index is 1.63. The Kier molecular flexibility index (Phi) is 6.66. The highest BCUT2D eigenvalue weighted by atomic mass is 32.2. The number of ether oxygens (including phenoxy) is 2. The van der Waals surface area contributed by atoms with Crippen LogP contribution in [0.4, 0.5) is 10.1 Å². The average molecular weight is 486 g/mol. The summed E-state index contributed by atoms with van der Waals surface area (Å²) >= 11 is 2.41. The summed E-state index contributed by atoms with van der Waals surface area (Å²) in [6.07, 6.45) is 0. The molecule has 0 unspecified atom stereocenters. The molecule has 170 valence electrons. The number of methoxy groups -OCH3 is 2. The first-order chi connectivity index (χ1) is 15.9. The molecule has 0 saturated carbocycles. The number of aromatic nitrogens is 2. The van der Waals surface area contributed by atoms with Crippen LogP contribution in [-0.2, 0) is 4.79 Å². The average Bonchev–Trinajstić information content (AvgIpc) is 3.29. The molecule has 0 spiro atoms. The molecule has 0 aliphatic heterocycles. The highest BCUT2D eigenvalue weighted by Gasteiger charge is 2.17. The van der Waals surface area contributed by atoms with E-state index in [1.54, 1.807) is 49.7 Å². The summed E-state index contributed by atoms with van der Waals surface area (Å²) in [5, 5.41) is 4.93. The number of hydrogen-bond acceptors (Lipinski definition) is 7. The van der Waals surface area contributed by atoms with E-state index in [4.69, 9.17) is 9.47 Å². The second-order valence-corrected chi connectivity index (χ2v) is 8.87. The number of halogens is 1. The third kappa shape index (κ3) is 4.71. The molecule has 0 aliphatic carbocycles. The number of thiophene rings is 1. The number of benzene rings is 2. The molecule has 2 aromatic carbocycles. The van der Waals surface area contributed by atoms with Gasteiger partial charge in [0.15, 0.2) is 5.16 Å². The highest BCUT2D eigenvalue weighted by Crippen LogP contribution is 2.30. The van der Waals surface area contributed by atoms with Crippen molar-refractivity contribution in [1.82, 2.24) is 9.55 Å². The Morgan fingerprint density at radius 2 is 2.00 bits per heavy atom. The summed E-state index contributed by atoms with van der Waals surface area (Å²) in [6, 6.07) is 11.3. The van der Waals surface area contributed by atoms with E-state index < -0.39 is 0 Å². The Hall–Kier alpha value is -3.37. The molecule has 4 aromatic rings. The van der Waals surface area contributed by atoms with E-state index in [1.165, 1.54) is 35.1 Å². The molecule has 2 aromatic heterocycles. The zero-order valence-electron chi connectivity index (χ0n) is 18.0. The molecular weight excluding hydrogens is 465 g/mol. The van der Waals surface area contributed by atoms with E-state index >= 15 is 0 Å². The van der Waals surface area contributed by atoms with E-state index in [-0.39, 0.29) is 23.0 Å². The zero-order chi connectivity index (χ0) is 23.5. The molecule has 0 radical (unpaired) electrons. The second-order valence-electron chi connectivity index (χ2n) is 7.01. The van der Waals surface area contributed by atoms with Crippen LogP contribution in [0.25, 0.3) is 15.9 Å². The van der Waals surface area contributed by atoms with Crippen LogP contribution >= 0.6 is 23.1 Å². The van der Waals surface area contributed by atoms with Gasteiger partial charge in [0, 0.05) is 6.07 Å². The Labute approximate surface area is 197 Å². The summed E-state index contributed by atoms with van der Waals surface area (Å²) in [7, 11) is 3.05. The van der Waals surface area contributed by atoms with Crippen LogP contribution in [0.15, 0.2) is 57.8 Å². The molecule has 0 bridgehead atoms. The fraction of sp³-hybridized carbons (Fsp3) is 0.174. The Morgan fingerprint density at radius 1 is 1.18 bits per heavy atom. The number of carbonyl (C=O) groups excluding carboxylic acids is 1. The van der Waals surface area contributed by atoms with Crippen molar-refractivity contribution in [3.8, 4) is 17.2 Å². The van der Waals surface area contributed by atoms with E-state index in [0.717, 1.165) is 11.8 Å². The fourth-order valence-corrected chi connectivity index (χ4v) is 4.77. The lowest BCUT2D eigenvalue weighted by molar-refractivity contribution is -0.113. The quantitative estimate of drug-likeness (QED) is 0.303. The first-order valence-electron chi connectivity index (χ1n) is 9.82. The number of carbonyl (C=O) groups is 1. The van der Waals surface area contributed by atoms with Crippen LogP contribution in [0.3, 0.4) is 0 Å². The summed E-state index contributed by atoms with van der Waals surface area (Å²) in [6.45, 7) is 1.63. The van der Waals surface area contributed by atoms with Crippen LogP contribution < -0.4 is 20.3 Å². The van der Waals surface area contributed by atoms with Gasteiger partial charge in [0.05, 0.1) is 36.9 Å². The first-order valence-corrected chi connectivity index (χ1v) is 11.7. The summed E-state index contributed by atoms with van der Waals surface area (Å²) in [5.41, 5.74) is 1.68. The standard InChI is InChI=1S/C23H20FN3O4S2/c1-13-10-14(4-6-16(13)24)27-22(29)21-18(8-9-32-21)26-23(27)33-12-20(28)25-17-7-5-15(30-2)11-19(17)31-3/h4-11H,12H2,1-3H3,(H,25,28). The molecule has 0 aliphatic rings. The third-order valence-corrected chi connectivity index (χ3v) is 6.69.